The van der Waals surface area contributed by atoms with E-state index in [-0.39, 0.29) is 0 Å². The molecular formula is C13H17NO4. The molecule has 1 heterocycles. The lowest BCUT2D eigenvalue weighted by Crippen LogP contribution is -2.27. The smallest absolute Gasteiger partial charge is 0.412 e. The Balaban J connectivity index is 2.12. The van der Waals surface area contributed by atoms with E-state index in [1.807, 2.05) is 20.8 Å². The summed E-state index contributed by atoms with van der Waals surface area (Å²) in [5.41, 5.74) is 0.0254. The Morgan fingerprint density at radius 1 is 1.28 bits per heavy atom. The number of fused-ring (bicyclic) bond motifs is 1. The normalized spacial score (nSPS) is 13.9. The summed E-state index contributed by atoms with van der Waals surface area (Å²) in [5, 5.41) is 2.66. The van der Waals surface area contributed by atoms with Crippen LogP contribution in [0, 0.1) is 0 Å². The van der Waals surface area contributed by atoms with Gasteiger partial charge in [-0.25, -0.2) is 4.79 Å². The average Bonchev–Trinajstić information content (AvgIpc) is 2.27. The van der Waals surface area contributed by atoms with Gasteiger partial charge in [0.05, 0.1) is 5.69 Å². The van der Waals surface area contributed by atoms with Crippen molar-refractivity contribution in [3.63, 3.8) is 0 Å². The second kappa shape index (κ2) is 4.76. The number of hydrogen-bond donors (Lipinski definition) is 1. The van der Waals surface area contributed by atoms with Crippen LogP contribution in [0.5, 0.6) is 11.5 Å². The molecule has 0 saturated heterocycles. The average molecular weight is 251 g/mol. The monoisotopic (exact) mass is 251 g/mol. The zero-order valence-corrected chi connectivity index (χ0v) is 10.8. The molecule has 5 nitrogen and oxygen atoms in total. The minimum Gasteiger partial charge on any atom is -0.486 e. The number of nitrogens with one attached hydrogen (secondary N) is 1. The minimum absolute atomic E-state index is 0.472. The number of ether oxygens (including phenoxy) is 3. The second-order valence-corrected chi connectivity index (χ2v) is 4.96. The Labute approximate surface area is 106 Å². The van der Waals surface area contributed by atoms with Gasteiger partial charge in [-0.2, -0.15) is 0 Å². The highest BCUT2D eigenvalue weighted by Crippen LogP contribution is 2.37. The molecule has 0 radical (unpaired) electrons. The lowest BCUT2D eigenvalue weighted by atomic mass is 10.2. The first-order chi connectivity index (χ1) is 8.46. The van der Waals surface area contributed by atoms with Crippen LogP contribution in [-0.4, -0.2) is 24.9 Å². The minimum atomic E-state index is -0.531. The van der Waals surface area contributed by atoms with E-state index in [1.54, 1.807) is 18.2 Å². The summed E-state index contributed by atoms with van der Waals surface area (Å²) in [6.45, 7) is 6.43. The number of anilines is 1. The number of carbonyl (C=O) groups excluding carboxylic acids is 1. The third kappa shape index (κ3) is 3.06. The molecule has 1 aromatic rings. The Hall–Kier alpha value is -1.91. The first kappa shape index (κ1) is 12.5. The van der Waals surface area contributed by atoms with E-state index in [0.717, 1.165) is 0 Å². The first-order valence-corrected chi connectivity index (χ1v) is 5.84. The predicted octanol–water partition coefficient (Wildman–Crippen LogP) is 2.80. The highest BCUT2D eigenvalue weighted by atomic mass is 16.6. The summed E-state index contributed by atoms with van der Waals surface area (Å²) < 4.78 is 16.1. The van der Waals surface area contributed by atoms with Crippen molar-refractivity contribution in [2.45, 2.75) is 26.4 Å². The molecule has 0 unspecified atom stereocenters. The molecule has 0 spiro atoms. The lowest BCUT2D eigenvalue weighted by Gasteiger charge is -2.23. The SMILES string of the molecule is CC(C)(C)OC(=O)Nc1cccc2c1OCCO2. The van der Waals surface area contributed by atoms with Crippen LogP contribution >= 0.6 is 0 Å². The van der Waals surface area contributed by atoms with Crippen molar-refractivity contribution >= 4 is 11.8 Å². The maximum Gasteiger partial charge on any atom is 0.412 e. The van der Waals surface area contributed by atoms with Crippen LogP contribution in [0.15, 0.2) is 18.2 Å². The van der Waals surface area contributed by atoms with E-state index in [1.165, 1.54) is 0 Å². The van der Waals surface area contributed by atoms with Crippen molar-refractivity contribution in [1.82, 2.24) is 0 Å². The number of rotatable bonds is 1. The third-order valence-corrected chi connectivity index (χ3v) is 2.20. The molecular weight excluding hydrogens is 234 g/mol. The molecule has 1 aliphatic heterocycles. The number of carbonyl (C=O) groups is 1. The van der Waals surface area contributed by atoms with Crippen LogP contribution in [0.25, 0.3) is 0 Å². The van der Waals surface area contributed by atoms with Crippen LogP contribution in [0.4, 0.5) is 10.5 Å². The van der Waals surface area contributed by atoms with E-state index in [4.69, 9.17) is 14.2 Å². The van der Waals surface area contributed by atoms with Crippen LogP contribution in [0.3, 0.4) is 0 Å². The second-order valence-electron chi connectivity index (χ2n) is 4.96. The van der Waals surface area contributed by atoms with Gasteiger partial charge in [0.2, 0.25) is 0 Å². The maximum absolute atomic E-state index is 11.7. The van der Waals surface area contributed by atoms with E-state index >= 15 is 0 Å². The van der Waals surface area contributed by atoms with Gasteiger partial charge in [0.25, 0.3) is 0 Å². The van der Waals surface area contributed by atoms with Crippen LogP contribution in [0.1, 0.15) is 20.8 Å². The van der Waals surface area contributed by atoms with Crippen molar-refractivity contribution in [2.75, 3.05) is 18.5 Å². The van der Waals surface area contributed by atoms with Crippen LogP contribution < -0.4 is 14.8 Å². The van der Waals surface area contributed by atoms with E-state index < -0.39 is 11.7 Å². The van der Waals surface area contributed by atoms with E-state index in [0.29, 0.717) is 30.4 Å². The topological polar surface area (TPSA) is 56.8 Å². The summed E-state index contributed by atoms with van der Waals surface area (Å²) in [6, 6.07) is 5.34. The van der Waals surface area contributed by atoms with Gasteiger partial charge in [-0.1, -0.05) is 6.07 Å². The number of para-hydroxylation sites is 1. The van der Waals surface area contributed by atoms with Gasteiger partial charge in [0, 0.05) is 0 Å². The first-order valence-electron chi connectivity index (χ1n) is 5.84. The largest absolute Gasteiger partial charge is 0.486 e. The molecule has 5 heteroatoms. The zero-order valence-electron chi connectivity index (χ0n) is 10.8. The highest BCUT2D eigenvalue weighted by Gasteiger charge is 2.20. The molecule has 98 valence electrons. The molecule has 0 atom stereocenters. The Morgan fingerprint density at radius 3 is 2.72 bits per heavy atom. The summed E-state index contributed by atoms with van der Waals surface area (Å²) in [4.78, 5) is 11.7. The van der Waals surface area contributed by atoms with E-state index in [9.17, 15) is 4.79 Å². The zero-order chi connectivity index (χ0) is 13.2. The molecule has 2 rings (SSSR count). The van der Waals surface area contributed by atoms with Crippen molar-refractivity contribution in [2.24, 2.45) is 0 Å². The maximum atomic E-state index is 11.7. The van der Waals surface area contributed by atoms with E-state index in [2.05, 4.69) is 5.32 Å². The van der Waals surface area contributed by atoms with Gasteiger partial charge in [0.15, 0.2) is 11.5 Å². The molecule has 0 bridgehead atoms. The molecule has 1 N–H and O–H groups in total. The summed E-state index contributed by atoms with van der Waals surface area (Å²) >= 11 is 0. The quantitative estimate of drug-likeness (QED) is 0.833. The van der Waals surface area contributed by atoms with Crippen LogP contribution in [-0.2, 0) is 4.74 Å². The number of hydrogen-bond acceptors (Lipinski definition) is 4. The third-order valence-electron chi connectivity index (χ3n) is 2.20. The van der Waals surface area contributed by atoms with Gasteiger partial charge < -0.3 is 14.2 Å². The predicted molar refractivity (Wildman–Crippen MR) is 67.3 cm³/mol. The van der Waals surface area contributed by atoms with Gasteiger partial charge >= 0.3 is 6.09 Å². The molecule has 0 fully saturated rings. The standard InChI is InChI=1S/C13H17NO4/c1-13(2,3)18-12(15)14-9-5-4-6-10-11(9)17-8-7-16-10/h4-6H,7-8H2,1-3H3,(H,14,15). The number of benzene rings is 1. The lowest BCUT2D eigenvalue weighted by molar-refractivity contribution is 0.0634. The highest BCUT2D eigenvalue weighted by molar-refractivity contribution is 5.87. The fourth-order valence-corrected chi connectivity index (χ4v) is 1.59. The Morgan fingerprint density at radius 2 is 2.00 bits per heavy atom. The van der Waals surface area contributed by atoms with Crippen molar-refractivity contribution in [3.05, 3.63) is 18.2 Å². The van der Waals surface area contributed by atoms with Gasteiger partial charge in [-0.3, -0.25) is 5.32 Å². The van der Waals surface area contributed by atoms with Crippen molar-refractivity contribution < 1.29 is 19.0 Å². The van der Waals surface area contributed by atoms with Gasteiger partial charge in [-0.15, -0.1) is 0 Å². The molecule has 18 heavy (non-hydrogen) atoms. The van der Waals surface area contributed by atoms with Crippen molar-refractivity contribution in [1.29, 1.82) is 0 Å². The van der Waals surface area contributed by atoms with Crippen LogP contribution in [0.2, 0.25) is 0 Å². The fourth-order valence-electron chi connectivity index (χ4n) is 1.59. The fraction of sp³-hybridized carbons (Fsp3) is 0.462. The Bertz CT molecular complexity index is 451. The molecule has 1 amide bonds. The van der Waals surface area contributed by atoms with Crippen molar-refractivity contribution in [3.8, 4) is 11.5 Å². The summed E-state index contributed by atoms with van der Waals surface area (Å²) in [5.74, 6) is 1.18. The number of amides is 1. The molecule has 1 aliphatic rings. The molecule has 0 aromatic heterocycles. The molecule has 0 saturated carbocycles. The van der Waals surface area contributed by atoms with Gasteiger partial charge in [-0.05, 0) is 32.9 Å². The Kier molecular flexibility index (Phi) is 3.32. The molecule has 1 aromatic carbocycles. The summed E-state index contributed by atoms with van der Waals surface area (Å²) in [7, 11) is 0. The summed E-state index contributed by atoms with van der Waals surface area (Å²) in [6.07, 6.45) is -0.509. The van der Waals surface area contributed by atoms with Gasteiger partial charge in [0.1, 0.15) is 18.8 Å². The molecule has 0 aliphatic carbocycles.